The van der Waals surface area contributed by atoms with E-state index >= 15 is 0 Å². The number of amides is 2. The number of para-hydroxylation sites is 3. The number of imidazole rings is 3. The molecule has 7 aromatic heterocycles. The number of nitrogens with two attached hydrogens (primary N) is 3. The predicted octanol–water partition coefficient (Wildman–Crippen LogP) is 11.7. The van der Waals surface area contributed by atoms with E-state index in [1.54, 1.807) is 177 Å². The Morgan fingerprint density at radius 1 is 0.419 bits per heavy atom. The first-order valence-electron chi connectivity index (χ1n) is 44.3. The second-order valence-corrected chi connectivity index (χ2v) is 31.0. The molecule has 0 atom stereocenters. The van der Waals surface area contributed by atoms with Crippen LogP contribution in [-0.2, 0) is 43.5 Å². The molecule has 0 aliphatic carbocycles. The number of ether oxygens (including phenoxy) is 5. The normalized spacial score (nSPS) is 10.9. The van der Waals surface area contributed by atoms with Gasteiger partial charge in [-0.1, -0.05) is 140 Å². The van der Waals surface area contributed by atoms with Gasteiger partial charge >= 0.3 is 82.3 Å². The van der Waals surface area contributed by atoms with Crippen molar-refractivity contribution in [3.63, 3.8) is 0 Å². The Kier molecular flexibility index (Phi) is 38.7. The molecular formula is C105H95AlBClILiN21O17. The van der Waals surface area contributed by atoms with Gasteiger partial charge in [0.2, 0.25) is 5.91 Å². The topological polar surface area (TPSA) is 484 Å². The number of rotatable bonds is 24. The number of hydrogen-bond donors (Lipinski definition) is 5. The number of hydroxylamine groups is 3. The van der Waals surface area contributed by atoms with Crippen molar-refractivity contribution in [2.75, 3.05) is 69.5 Å². The number of aromatic carboxylic acids is 1. The van der Waals surface area contributed by atoms with Gasteiger partial charge in [-0.3, -0.25) is 33.0 Å². The summed E-state index contributed by atoms with van der Waals surface area (Å²) in [6.07, 6.45) is 5.51. The number of halogens is 2. The zero-order chi connectivity index (χ0) is 102. The fraction of sp³-hybridized carbons (Fsp3) is 0.0857. The summed E-state index contributed by atoms with van der Waals surface area (Å²) in [6.45, 7) is 1.26. The molecule has 0 unspecified atom stereocenters. The van der Waals surface area contributed by atoms with Gasteiger partial charge in [-0.25, -0.2) is 92.9 Å². The molecule has 12 aromatic carbocycles. The van der Waals surface area contributed by atoms with Crippen molar-refractivity contribution in [2.45, 2.75) is 19.5 Å². The van der Waals surface area contributed by atoms with Crippen molar-refractivity contribution < 1.29 is 86.8 Å². The van der Waals surface area contributed by atoms with E-state index in [9.17, 15) is 43.5 Å². The molecule has 1 aliphatic heterocycles. The van der Waals surface area contributed by atoms with Crippen LogP contribution in [0.25, 0.3) is 67.6 Å². The number of anilines is 6. The van der Waals surface area contributed by atoms with Gasteiger partial charge in [-0.15, -0.1) is 12.4 Å². The summed E-state index contributed by atoms with van der Waals surface area (Å²) in [6, 6.07) is 95.5. The van der Waals surface area contributed by atoms with E-state index in [0.29, 0.717) is 138 Å². The van der Waals surface area contributed by atoms with Crippen molar-refractivity contribution in [2.24, 2.45) is 0 Å². The molecule has 0 saturated carbocycles. The van der Waals surface area contributed by atoms with Crippen molar-refractivity contribution in [1.29, 1.82) is 0.594 Å². The number of aromatic nitrogens is 14. The molecule has 0 fully saturated rings. The Morgan fingerprint density at radius 3 is 1.06 bits per heavy atom. The van der Waals surface area contributed by atoms with Crippen molar-refractivity contribution in [3.05, 3.63) is 417 Å². The van der Waals surface area contributed by atoms with Crippen LogP contribution in [0.15, 0.2) is 361 Å². The smallest absolute Gasteiger partial charge is 0.870 e. The third-order valence-electron chi connectivity index (χ3n) is 22.1. The number of fused-ring (bicyclic) bond motifs is 4. The van der Waals surface area contributed by atoms with Gasteiger partial charge in [0, 0.05) is 38.3 Å². The average molecular weight is 2130 g/mol. The first kappa shape index (κ1) is 110. The summed E-state index contributed by atoms with van der Waals surface area (Å²) in [5, 5.41) is 10.4. The van der Waals surface area contributed by atoms with Gasteiger partial charge in [-0.2, -0.15) is 0 Å². The van der Waals surface area contributed by atoms with Crippen molar-refractivity contribution >= 4 is 156 Å². The van der Waals surface area contributed by atoms with Crippen LogP contribution in [-0.4, -0.2) is 179 Å². The van der Waals surface area contributed by atoms with Crippen molar-refractivity contribution in [1.82, 2.24) is 77.8 Å². The molecule has 0 saturated heterocycles. The number of nitrogens with one attached hydrogen (secondary N) is 1. The first-order valence-corrected chi connectivity index (χ1v) is 45.3. The van der Waals surface area contributed by atoms with E-state index in [2.05, 4.69) is 85.1 Å². The molecule has 743 valence electrons. The third kappa shape index (κ3) is 25.4. The first-order chi connectivity index (χ1) is 70.5. The molecule has 43 heteroatoms. The molecule has 1 aliphatic rings. The number of carboxylic acid groups (broad SMARTS) is 1. The van der Waals surface area contributed by atoms with Crippen LogP contribution in [0.2, 0.25) is 0 Å². The number of carbonyl (C=O) groups excluding carboxylic acids is 4. The standard InChI is InChI=1S/C28H24N4O3.C26H22N6O4.C25H19N5O4.C24H17N5O4.C2H7NO.Al.BH2I.ClH.Li.H2O.2H/c1-35-28(34)22-13-8-14-23(15-22)32-25(33)16-24-26(29-19-30-27(24)32)31(17-20-9-4-2-5-10-20)18-21-11-6-3-7-12-21;1-30(35-2)25(33)17-7-6-8-19(15-17)32-24-22(23(27)28-16-29-24)31(26(32)34)18-11-13-21(14-12-18)36-20-9-4-3-5-10-20;1-33-24(31)16-6-5-7-18(14-16)30-23-21(22(26)27-15-28-23)29(25(30)32)17-10-12-20(13-11-17)34-19-8-3-2-4-9-19;25-21-20-22(27-14-26-21)29(17-6-4-5-15(13-17)23(30)31)24(32)28(20)16-9-11-19(12-10-16)33-18-7-2-1-3-8-18;1-3-4-2;;1-2;;;;;/h2-15,19H,16-18H2,1H3;3-16H,1-2H3,(H2,27,28,29);2-15H,1H3,(H2,26,27,28);1-14H,(H,30,31)(H2,25,26,27);3H,1-2H3;;2H2;1H;;1H2;;/q;;;;;;;;+1;;;/p-1/i;;;;;;2D;;;;;. The summed E-state index contributed by atoms with van der Waals surface area (Å²) < 4.78 is 41.6. The fourth-order valence-electron chi connectivity index (χ4n) is 15.5. The van der Waals surface area contributed by atoms with Gasteiger partial charge in [-0.05, 0) is 193 Å². The number of nitrogen functional groups attached to an aromatic ring is 3. The zero-order valence-corrected chi connectivity index (χ0v) is 85.9. The maximum absolute atomic E-state index is 13.7. The molecule has 0 spiro atoms. The van der Waals surface area contributed by atoms with E-state index in [0.717, 1.165) is 27.6 Å². The summed E-state index contributed by atoms with van der Waals surface area (Å²) in [5.74, 6) is 3.03. The average Bonchev–Trinajstić information content (AvgIpc) is 1.60. The van der Waals surface area contributed by atoms with Gasteiger partial charge < -0.3 is 61.2 Å². The Morgan fingerprint density at radius 2 is 0.723 bits per heavy atom. The molecule has 3 radical (unpaired) electrons. The molecular weight excluding hydrogens is 2030 g/mol. The Labute approximate surface area is 889 Å². The number of methoxy groups -OCH3 is 2. The molecule has 8 heterocycles. The molecule has 2 amide bonds. The van der Waals surface area contributed by atoms with Crippen LogP contribution >= 0.6 is 34.6 Å². The van der Waals surface area contributed by atoms with E-state index in [1.165, 1.54) is 93.2 Å². The van der Waals surface area contributed by atoms with E-state index in [4.69, 9.17) is 46.3 Å². The zero-order valence-electron chi connectivity index (χ0n) is 81.8. The fourth-order valence-corrected chi connectivity index (χ4v) is 15.5. The van der Waals surface area contributed by atoms with Crippen LogP contribution in [0.1, 0.15) is 58.1 Å². The second-order valence-electron chi connectivity index (χ2n) is 31.0. The van der Waals surface area contributed by atoms with Crippen LogP contribution in [0.3, 0.4) is 0 Å². The van der Waals surface area contributed by atoms with Crippen molar-refractivity contribution in [3.8, 4) is 68.6 Å². The largest absolute Gasteiger partial charge is 1.00 e. The summed E-state index contributed by atoms with van der Waals surface area (Å²) in [7, 11) is 8.81. The van der Waals surface area contributed by atoms with Crippen LogP contribution in [0.4, 0.5) is 34.8 Å². The number of carbonyl (C=O) groups is 5. The number of benzene rings is 12. The molecule has 38 nitrogen and oxygen atoms in total. The quantitative estimate of drug-likeness (QED) is 0.0162. The number of hydrogen-bond acceptors (Lipinski definition) is 29. The van der Waals surface area contributed by atoms with Gasteiger partial charge in [0.25, 0.3) is 5.91 Å². The monoisotopic (exact) mass is 2130 g/mol. The molecule has 20 rings (SSSR count). The van der Waals surface area contributed by atoms with E-state index in [1.807, 2.05) is 127 Å². The minimum atomic E-state index is -1.10. The van der Waals surface area contributed by atoms with Crippen LogP contribution in [0.5, 0.6) is 34.5 Å². The third-order valence-corrected chi connectivity index (χ3v) is 22.1. The number of carboxylic acids is 1. The summed E-state index contributed by atoms with van der Waals surface area (Å²) >= 11 is -0.780. The summed E-state index contributed by atoms with van der Waals surface area (Å²) in [4.78, 5) is 149. The number of esters is 2. The van der Waals surface area contributed by atoms with Crippen LogP contribution in [0, 0.1) is 0 Å². The van der Waals surface area contributed by atoms with E-state index < -0.39 is 57.2 Å². The Balaban J connectivity index is 0.000000183. The molecule has 19 aromatic rings. The SMILES string of the molecule is CNOC.COC(=O)c1cccc(-n2c(=O)n(-c3ccc(Oc4ccccc4)cc3)c3c(N)ncnc32)c1.COC(=O)c1cccc(N2C(=O)Cc3c(N(Cc4ccccc4)Cc4ccccc4)ncnc32)c1.CON(C)C(=O)c1cccc(-n2c(=O)n(-c3ccc(Oc4ccccc4)cc3)c3c(N)ncnc32)c1.Cl.Nc1ncnc2c1n(-c1ccc(Oc3ccccc3)cc1)c(=O)n2-c1cccc(C(=O)O)c1.[2H][IH][B].[AlH2].[Li+].[OH-]. The Hall–Kier alpha value is -17.2. The predicted molar refractivity (Wildman–Crippen MR) is 573 cm³/mol. The maximum Gasteiger partial charge on any atom is 1.00 e. The maximum atomic E-state index is 13.7. The molecule has 9 N–H and O–H groups in total. The van der Waals surface area contributed by atoms with Crippen LogP contribution < -0.4 is 82.6 Å². The van der Waals surface area contributed by atoms with Gasteiger partial charge in [0.05, 0.1) is 91.4 Å². The second kappa shape index (κ2) is 52.3. The minimum absolute atomic E-state index is 0. The van der Waals surface area contributed by atoms with Gasteiger partial charge in [0.15, 0.2) is 34.4 Å². The molecule has 0 bridgehead atoms. The van der Waals surface area contributed by atoms with E-state index in [-0.39, 0.29) is 101 Å². The summed E-state index contributed by atoms with van der Waals surface area (Å²) in [5.41, 5.74) is 33.7. The molecule has 148 heavy (non-hydrogen) atoms. The van der Waals surface area contributed by atoms with Gasteiger partial charge in [0.1, 0.15) is 105 Å². The minimum Gasteiger partial charge on any atom is -0.870 e. The number of nitrogens with zero attached hydrogens (tertiary/aromatic N) is 17. The Bertz CT molecular complexity index is 8010.